The summed E-state index contributed by atoms with van der Waals surface area (Å²) >= 11 is 0. The Morgan fingerprint density at radius 3 is 2.17 bits per heavy atom. The van der Waals surface area contributed by atoms with E-state index in [-0.39, 0.29) is 11.4 Å². The van der Waals surface area contributed by atoms with Gasteiger partial charge in [0.15, 0.2) is 0 Å². The lowest BCUT2D eigenvalue weighted by Crippen LogP contribution is -1.99. The van der Waals surface area contributed by atoms with Crippen LogP contribution in [0.5, 0.6) is 5.75 Å². The van der Waals surface area contributed by atoms with Gasteiger partial charge in [-0.05, 0) is 66.4 Å². The highest BCUT2D eigenvalue weighted by Gasteiger charge is 2.07. The lowest BCUT2D eigenvalue weighted by atomic mass is 10.0. The highest BCUT2D eigenvalue weighted by Crippen LogP contribution is 2.26. The van der Waals surface area contributed by atoms with E-state index in [2.05, 4.69) is 0 Å². The first kappa shape index (κ1) is 16.3. The van der Waals surface area contributed by atoms with Gasteiger partial charge in [-0.1, -0.05) is 12.1 Å². The molecule has 0 saturated heterocycles. The van der Waals surface area contributed by atoms with Crippen molar-refractivity contribution in [3.63, 3.8) is 0 Å². The van der Waals surface area contributed by atoms with Crippen molar-refractivity contribution in [1.82, 2.24) is 0 Å². The standard InChI is InChI=1S/C19H15FN2O/c1-13-7-16(9-17(10-21)11-22)8-14(2)19(13)23-12-15-3-5-18(20)6-4-15/h3-9H,12H2,1-2H3. The van der Waals surface area contributed by atoms with Crippen molar-refractivity contribution in [3.05, 3.63) is 70.0 Å². The second kappa shape index (κ2) is 7.24. The maximum Gasteiger partial charge on any atom is 0.130 e. The van der Waals surface area contributed by atoms with Crippen molar-refractivity contribution in [2.45, 2.75) is 20.5 Å². The molecule has 0 bridgehead atoms. The van der Waals surface area contributed by atoms with Crippen LogP contribution in [0.3, 0.4) is 0 Å². The number of hydrogen-bond donors (Lipinski definition) is 0. The number of halogens is 1. The van der Waals surface area contributed by atoms with Crippen LogP contribution in [0, 0.1) is 42.3 Å². The molecule has 0 spiro atoms. The zero-order valence-electron chi connectivity index (χ0n) is 12.9. The highest BCUT2D eigenvalue weighted by atomic mass is 19.1. The SMILES string of the molecule is Cc1cc(C=C(C#N)C#N)cc(C)c1OCc1ccc(F)cc1. The Morgan fingerprint density at radius 1 is 1.09 bits per heavy atom. The van der Waals surface area contributed by atoms with Gasteiger partial charge < -0.3 is 4.74 Å². The molecule has 3 nitrogen and oxygen atoms in total. The third kappa shape index (κ3) is 4.18. The second-order valence-corrected chi connectivity index (χ2v) is 5.18. The van der Waals surface area contributed by atoms with Crippen LogP contribution in [0.1, 0.15) is 22.3 Å². The molecule has 23 heavy (non-hydrogen) atoms. The molecule has 0 atom stereocenters. The zero-order valence-corrected chi connectivity index (χ0v) is 12.9. The first-order valence-electron chi connectivity index (χ1n) is 7.04. The summed E-state index contributed by atoms with van der Waals surface area (Å²) in [5.74, 6) is 0.477. The van der Waals surface area contributed by atoms with Crippen molar-refractivity contribution in [2.24, 2.45) is 0 Å². The topological polar surface area (TPSA) is 56.8 Å². The smallest absolute Gasteiger partial charge is 0.130 e. The summed E-state index contributed by atoms with van der Waals surface area (Å²) in [7, 11) is 0. The van der Waals surface area contributed by atoms with Crippen LogP contribution >= 0.6 is 0 Å². The van der Waals surface area contributed by atoms with Gasteiger partial charge in [-0.3, -0.25) is 0 Å². The molecule has 0 radical (unpaired) electrons. The Bertz CT molecular complexity index is 785. The first-order valence-corrected chi connectivity index (χ1v) is 7.04. The molecule has 0 aliphatic rings. The van der Waals surface area contributed by atoms with Gasteiger partial charge in [-0.25, -0.2) is 4.39 Å². The van der Waals surface area contributed by atoms with Gasteiger partial charge in [0, 0.05) is 0 Å². The summed E-state index contributed by atoms with van der Waals surface area (Å²) in [6, 6.07) is 13.6. The van der Waals surface area contributed by atoms with Crippen LogP contribution in [0.15, 0.2) is 42.0 Å². The van der Waals surface area contributed by atoms with E-state index in [9.17, 15) is 4.39 Å². The summed E-state index contributed by atoms with van der Waals surface area (Å²) in [6.07, 6.45) is 1.55. The zero-order chi connectivity index (χ0) is 16.8. The van der Waals surface area contributed by atoms with Crippen LogP contribution < -0.4 is 4.74 Å². The van der Waals surface area contributed by atoms with E-state index in [1.54, 1.807) is 18.2 Å². The van der Waals surface area contributed by atoms with Gasteiger partial charge in [0.25, 0.3) is 0 Å². The maximum absolute atomic E-state index is 12.9. The van der Waals surface area contributed by atoms with E-state index in [1.165, 1.54) is 12.1 Å². The monoisotopic (exact) mass is 306 g/mol. The number of benzene rings is 2. The fourth-order valence-electron chi connectivity index (χ4n) is 2.29. The molecule has 0 saturated carbocycles. The Morgan fingerprint density at radius 2 is 1.65 bits per heavy atom. The fourth-order valence-corrected chi connectivity index (χ4v) is 2.29. The molecule has 2 aromatic carbocycles. The van der Waals surface area contributed by atoms with Crippen molar-refractivity contribution in [3.8, 4) is 17.9 Å². The molecule has 4 heteroatoms. The quantitative estimate of drug-likeness (QED) is 0.784. The Labute approximate surface area is 134 Å². The molecular formula is C19H15FN2O. The van der Waals surface area contributed by atoms with Gasteiger partial charge in [-0.15, -0.1) is 0 Å². The molecule has 0 unspecified atom stereocenters. The number of nitriles is 2. The summed E-state index contributed by atoms with van der Waals surface area (Å²) in [4.78, 5) is 0. The van der Waals surface area contributed by atoms with Crippen LogP contribution in [0.25, 0.3) is 6.08 Å². The van der Waals surface area contributed by atoms with Crippen LogP contribution in [0.4, 0.5) is 4.39 Å². The third-order valence-corrected chi connectivity index (χ3v) is 3.33. The van der Waals surface area contributed by atoms with E-state index >= 15 is 0 Å². The minimum atomic E-state index is -0.275. The molecule has 2 rings (SSSR count). The molecule has 0 aliphatic carbocycles. The predicted octanol–water partition coefficient (Wildman–Crippen LogP) is 4.45. The summed E-state index contributed by atoms with van der Waals surface area (Å²) in [5, 5.41) is 17.6. The summed E-state index contributed by atoms with van der Waals surface area (Å²) in [6.45, 7) is 4.16. The van der Waals surface area contributed by atoms with Gasteiger partial charge in [0.2, 0.25) is 0 Å². The summed E-state index contributed by atoms with van der Waals surface area (Å²) in [5.41, 5.74) is 3.55. The lowest BCUT2D eigenvalue weighted by molar-refractivity contribution is 0.302. The molecule has 0 aromatic heterocycles. The molecule has 114 valence electrons. The van der Waals surface area contributed by atoms with Crippen molar-refractivity contribution < 1.29 is 9.13 Å². The number of allylic oxidation sites excluding steroid dienone is 1. The summed E-state index contributed by atoms with van der Waals surface area (Å²) < 4.78 is 18.7. The molecular weight excluding hydrogens is 291 g/mol. The van der Waals surface area contributed by atoms with E-state index in [0.717, 1.165) is 28.0 Å². The molecule has 0 fully saturated rings. The van der Waals surface area contributed by atoms with Crippen LogP contribution in [-0.2, 0) is 6.61 Å². The molecule has 2 aromatic rings. The lowest BCUT2D eigenvalue weighted by Gasteiger charge is -2.13. The van der Waals surface area contributed by atoms with E-state index in [4.69, 9.17) is 15.3 Å². The Balaban J connectivity index is 2.21. The number of hydrogen-bond acceptors (Lipinski definition) is 3. The van der Waals surface area contributed by atoms with Crippen molar-refractivity contribution in [2.75, 3.05) is 0 Å². The van der Waals surface area contributed by atoms with Gasteiger partial charge in [0.05, 0.1) is 0 Å². The third-order valence-electron chi connectivity index (χ3n) is 3.33. The molecule has 0 aliphatic heterocycles. The van der Waals surface area contributed by atoms with E-state index < -0.39 is 0 Å². The number of ether oxygens (including phenoxy) is 1. The number of nitrogens with zero attached hydrogens (tertiary/aromatic N) is 2. The van der Waals surface area contributed by atoms with Crippen molar-refractivity contribution in [1.29, 1.82) is 10.5 Å². The second-order valence-electron chi connectivity index (χ2n) is 5.18. The Kier molecular flexibility index (Phi) is 5.12. The van der Waals surface area contributed by atoms with Crippen molar-refractivity contribution >= 4 is 6.08 Å². The van der Waals surface area contributed by atoms with Gasteiger partial charge >= 0.3 is 0 Å². The number of rotatable bonds is 4. The van der Waals surface area contributed by atoms with Crippen LogP contribution in [0.2, 0.25) is 0 Å². The largest absolute Gasteiger partial charge is 0.488 e. The Hall–Kier alpha value is -3.11. The average molecular weight is 306 g/mol. The van der Waals surface area contributed by atoms with E-state index in [0.29, 0.717) is 6.61 Å². The fraction of sp³-hybridized carbons (Fsp3) is 0.158. The molecule has 0 N–H and O–H groups in total. The average Bonchev–Trinajstić information content (AvgIpc) is 2.53. The maximum atomic E-state index is 12.9. The minimum Gasteiger partial charge on any atom is -0.488 e. The van der Waals surface area contributed by atoms with Gasteiger partial charge in [0.1, 0.15) is 35.9 Å². The van der Waals surface area contributed by atoms with Crippen LogP contribution in [-0.4, -0.2) is 0 Å². The number of aryl methyl sites for hydroxylation is 2. The first-order chi connectivity index (χ1) is 11.0. The highest BCUT2D eigenvalue weighted by molar-refractivity contribution is 5.64. The molecule has 0 heterocycles. The minimum absolute atomic E-state index is 0.0591. The molecule has 0 amide bonds. The van der Waals surface area contributed by atoms with Gasteiger partial charge in [-0.2, -0.15) is 10.5 Å². The predicted molar refractivity (Wildman–Crippen MR) is 85.9 cm³/mol. The van der Waals surface area contributed by atoms with E-state index in [1.807, 2.05) is 38.1 Å². The normalized spacial score (nSPS) is 9.61.